The van der Waals surface area contributed by atoms with Gasteiger partial charge >= 0.3 is 0 Å². The lowest BCUT2D eigenvalue weighted by atomic mass is 9.73. The topological polar surface area (TPSA) is 84.9 Å². The van der Waals surface area contributed by atoms with E-state index < -0.39 is 10.0 Å². The van der Waals surface area contributed by atoms with Crippen molar-refractivity contribution in [1.82, 2.24) is 9.62 Å². The molecule has 1 N–H and O–H groups in total. The summed E-state index contributed by atoms with van der Waals surface area (Å²) in [6.45, 7) is 5.90. The van der Waals surface area contributed by atoms with Gasteiger partial charge in [0.1, 0.15) is 13.2 Å². The second-order valence-corrected chi connectivity index (χ2v) is 10.7. The minimum atomic E-state index is -3.63. The van der Waals surface area contributed by atoms with Gasteiger partial charge in [-0.05, 0) is 60.4 Å². The van der Waals surface area contributed by atoms with Crippen LogP contribution in [0.5, 0.6) is 11.5 Å². The molecule has 1 spiro atoms. The Bertz CT molecular complexity index is 1180. The van der Waals surface area contributed by atoms with Crippen LogP contribution in [0.25, 0.3) is 0 Å². The van der Waals surface area contributed by atoms with Crippen LogP contribution in [0.4, 0.5) is 0 Å². The Morgan fingerprint density at radius 2 is 1.76 bits per heavy atom. The molecule has 0 bridgehead atoms. The van der Waals surface area contributed by atoms with Crippen LogP contribution in [-0.4, -0.2) is 45.5 Å². The maximum absolute atomic E-state index is 13.5. The van der Waals surface area contributed by atoms with Crippen LogP contribution in [0.3, 0.4) is 0 Å². The number of amides is 1. The summed E-state index contributed by atoms with van der Waals surface area (Å²) in [7, 11) is -3.63. The number of benzene rings is 2. The molecule has 1 aliphatic carbocycles. The molecule has 2 aliphatic heterocycles. The highest BCUT2D eigenvalue weighted by Crippen LogP contribution is 2.49. The molecule has 2 aromatic rings. The first-order valence-electron chi connectivity index (χ1n) is 11.3. The van der Waals surface area contributed by atoms with Crippen molar-refractivity contribution in [3.8, 4) is 11.5 Å². The number of nitrogens with zero attached hydrogens (tertiary/aromatic N) is 1. The Morgan fingerprint density at radius 3 is 2.42 bits per heavy atom. The van der Waals surface area contributed by atoms with Gasteiger partial charge in [0, 0.05) is 30.6 Å². The maximum Gasteiger partial charge on any atom is 0.254 e. The van der Waals surface area contributed by atoms with Gasteiger partial charge in [0.15, 0.2) is 11.5 Å². The summed E-state index contributed by atoms with van der Waals surface area (Å²) < 4.78 is 38.7. The fourth-order valence-corrected chi connectivity index (χ4v) is 6.30. The van der Waals surface area contributed by atoms with Crippen LogP contribution in [0, 0.1) is 0 Å². The lowest BCUT2D eigenvalue weighted by molar-refractivity contribution is 0.0669. The molecule has 1 saturated carbocycles. The first kappa shape index (κ1) is 22.0. The van der Waals surface area contributed by atoms with Crippen LogP contribution in [0.2, 0.25) is 0 Å². The molecule has 3 aliphatic rings. The van der Waals surface area contributed by atoms with Crippen molar-refractivity contribution < 1.29 is 22.7 Å². The van der Waals surface area contributed by atoms with Gasteiger partial charge in [0.05, 0.1) is 4.90 Å². The Kier molecular flexibility index (Phi) is 5.66. The van der Waals surface area contributed by atoms with Crippen molar-refractivity contribution in [3.63, 3.8) is 0 Å². The molecule has 33 heavy (non-hydrogen) atoms. The SMILES string of the molecule is C=CCNS(=O)(=O)c1ccc(C(=O)N2Cc3cc4c(cc3C3(CCCC3)C2)OCCO4)cc1. The second-order valence-electron chi connectivity index (χ2n) is 8.97. The molecule has 5 rings (SSSR count). The Labute approximate surface area is 194 Å². The third kappa shape index (κ3) is 4.02. The van der Waals surface area contributed by atoms with Gasteiger partial charge in [-0.1, -0.05) is 18.9 Å². The summed E-state index contributed by atoms with van der Waals surface area (Å²) in [6.07, 6.45) is 5.84. The average molecular weight is 469 g/mol. The normalized spacial score (nSPS) is 18.7. The molecule has 0 aromatic heterocycles. The van der Waals surface area contributed by atoms with Crippen LogP contribution in [0.15, 0.2) is 53.9 Å². The molecule has 1 fully saturated rings. The second kappa shape index (κ2) is 8.50. The zero-order chi connectivity index (χ0) is 23.1. The van der Waals surface area contributed by atoms with E-state index in [0.717, 1.165) is 42.7 Å². The van der Waals surface area contributed by atoms with E-state index in [1.165, 1.54) is 23.8 Å². The van der Waals surface area contributed by atoms with Crippen molar-refractivity contribution in [1.29, 1.82) is 0 Å². The van der Waals surface area contributed by atoms with E-state index in [2.05, 4.69) is 17.4 Å². The molecule has 174 valence electrons. The average Bonchev–Trinajstić information content (AvgIpc) is 3.30. The van der Waals surface area contributed by atoms with Crippen LogP contribution in [-0.2, 0) is 22.0 Å². The van der Waals surface area contributed by atoms with Gasteiger partial charge in [0.25, 0.3) is 5.91 Å². The summed E-state index contributed by atoms with van der Waals surface area (Å²) in [6, 6.07) is 10.3. The zero-order valence-electron chi connectivity index (χ0n) is 18.5. The van der Waals surface area contributed by atoms with E-state index in [-0.39, 0.29) is 22.8 Å². The lowest BCUT2D eigenvalue weighted by Crippen LogP contribution is -2.46. The van der Waals surface area contributed by atoms with Gasteiger partial charge in [-0.15, -0.1) is 6.58 Å². The van der Waals surface area contributed by atoms with Crippen molar-refractivity contribution in [2.45, 2.75) is 42.5 Å². The highest BCUT2D eigenvalue weighted by molar-refractivity contribution is 7.89. The largest absolute Gasteiger partial charge is 0.486 e. The molecular formula is C25H28N2O5S. The first-order chi connectivity index (χ1) is 15.9. The number of rotatable bonds is 5. The summed E-state index contributed by atoms with van der Waals surface area (Å²) in [5.41, 5.74) is 2.79. The van der Waals surface area contributed by atoms with E-state index >= 15 is 0 Å². The number of fused-ring (bicyclic) bond motifs is 3. The number of carbonyl (C=O) groups excluding carboxylic acids is 1. The number of nitrogens with one attached hydrogen (secondary N) is 1. The third-order valence-corrected chi connectivity index (χ3v) is 8.31. The zero-order valence-corrected chi connectivity index (χ0v) is 19.3. The first-order valence-corrected chi connectivity index (χ1v) is 12.8. The Morgan fingerprint density at radius 1 is 1.09 bits per heavy atom. The fourth-order valence-electron chi connectivity index (χ4n) is 5.30. The fraction of sp³-hybridized carbons (Fsp3) is 0.400. The maximum atomic E-state index is 13.5. The van der Waals surface area contributed by atoms with Gasteiger partial charge < -0.3 is 14.4 Å². The molecule has 7 nitrogen and oxygen atoms in total. The van der Waals surface area contributed by atoms with E-state index in [9.17, 15) is 13.2 Å². The number of hydrogen-bond donors (Lipinski definition) is 1. The monoisotopic (exact) mass is 468 g/mol. The highest BCUT2D eigenvalue weighted by Gasteiger charge is 2.44. The van der Waals surface area contributed by atoms with Crippen LogP contribution < -0.4 is 14.2 Å². The highest BCUT2D eigenvalue weighted by atomic mass is 32.2. The van der Waals surface area contributed by atoms with E-state index in [1.807, 2.05) is 11.0 Å². The van der Waals surface area contributed by atoms with E-state index in [4.69, 9.17) is 9.47 Å². The molecule has 2 heterocycles. The van der Waals surface area contributed by atoms with Gasteiger partial charge in [0.2, 0.25) is 10.0 Å². The predicted molar refractivity (Wildman–Crippen MR) is 124 cm³/mol. The summed E-state index contributed by atoms with van der Waals surface area (Å²) in [5.74, 6) is 1.45. The van der Waals surface area contributed by atoms with E-state index in [0.29, 0.717) is 31.9 Å². The lowest BCUT2D eigenvalue weighted by Gasteiger charge is -2.43. The molecular weight excluding hydrogens is 440 g/mol. The summed E-state index contributed by atoms with van der Waals surface area (Å²) in [5, 5.41) is 0. The third-order valence-electron chi connectivity index (χ3n) is 6.87. The van der Waals surface area contributed by atoms with Crippen molar-refractivity contribution >= 4 is 15.9 Å². The molecule has 0 unspecified atom stereocenters. The van der Waals surface area contributed by atoms with Crippen molar-refractivity contribution in [3.05, 3.63) is 65.7 Å². The number of hydrogen-bond acceptors (Lipinski definition) is 5. The summed E-state index contributed by atoms with van der Waals surface area (Å²) in [4.78, 5) is 15.5. The Balaban J connectivity index is 1.43. The van der Waals surface area contributed by atoms with E-state index in [1.54, 1.807) is 12.1 Å². The Hall–Kier alpha value is -2.84. The van der Waals surface area contributed by atoms with Gasteiger partial charge in [-0.2, -0.15) is 0 Å². The standard InChI is InChI=1S/C25H28N2O5S/c1-2-11-26-33(29,30)20-7-5-18(6-8-20)24(28)27-16-19-14-22-23(32-13-12-31-22)15-21(19)25(17-27)9-3-4-10-25/h2,5-8,14-15,26H,1,3-4,9-13,16-17H2. The minimum absolute atomic E-state index is 0.0725. The van der Waals surface area contributed by atoms with Gasteiger partial charge in [-0.3, -0.25) is 4.79 Å². The molecule has 0 saturated heterocycles. The quantitative estimate of drug-likeness (QED) is 0.680. The molecule has 0 radical (unpaired) electrons. The van der Waals surface area contributed by atoms with Crippen LogP contribution in [0.1, 0.15) is 47.2 Å². The molecule has 2 aromatic carbocycles. The van der Waals surface area contributed by atoms with Gasteiger partial charge in [-0.25, -0.2) is 13.1 Å². The van der Waals surface area contributed by atoms with Crippen molar-refractivity contribution in [2.24, 2.45) is 0 Å². The smallest absolute Gasteiger partial charge is 0.254 e. The minimum Gasteiger partial charge on any atom is -0.486 e. The summed E-state index contributed by atoms with van der Waals surface area (Å²) >= 11 is 0. The number of sulfonamides is 1. The number of ether oxygens (including phenoxy) is 2. The van der Waals surface area contributed by atoms with Crippen LogP contribution >= 0.6 is 0 Å². The van der Waals surface area contributed by atoms with Crippen molar-refractivity contribution in [2.75, 3.05) is 26.3 Å². The molecule has 8 heteroatoms. The molecule has 0 atom stereocenters. The molecule has 1 amide bonds. The predicted octanol–water partition coefficient (Wildman–Crippen LogP) is 3.39. The number of carbonyl (C=O) groups is 1.